The molecule has 0 amide bonds. The van der Waals surface area contributed by atoms with Crippen molar-refractivity contribution >= 4 is 11.9 Å². The van der Waals surface area contributed by atoms with Crippen LogP contribution in [0.4, 0.5) is 13.2 Å². The van der Waals surface area contributed by atoms with Crippen LogP contribution in [0.25, 0.3) is 6.08 Å². The molecule has 0 aliphatic carbocycles. The molecule has 0 unspecified atom stereocenters. The number of aryl methyl sites for hydroxylation is 1. The third kappa shape index (κ3) is 4.02. The summed E-state index contributed by atoms with van der Waals surface area (Å²) < 4.78 is 38.5. The summed E-state index contributed by atoms with van der Waals surface area (Å²) in [5, 5.41) is 0. The van der Waals surface area contributed by atoms with Crippen molar-refractivity contribution in [3.8, 4) is 0 Å². The van der Waals surface area contributed by atoms with Gasteiger partial charge in [0, 0.05) is 6.42 Å². The summed E-state index contributed by atoms with van der Waals surface area (Å²) in [5.74, 6) is -0.0654. The number of hydrogen-bond donors (Lipinski definition) is 0. The van der Waals surface area contributed by atoms with Gasteiger partial charge in [0.1, 0.15) is 5.78 Å². The summed E-state index contributed by atoms with van der Waals surface area (Å²) >= 11 is 0. The topological polar surface area (TPSA) is 17.1 Å². The minimum Gasteiger partial charge on any atom is -0.300 e. The van der Waals surface area contributed by atoms with Gasteiger partial charge in [-0.15, -0.1) is 0 Å². The minimum atomic E-state index is -4.38. The Labute approximate surface area is 104 Å². The lowest BCUT2D eigenvalue weighted by atomic mass is 10.0. The Hall–Kier alpha value is -1.58. The third-order valence-electron chi connectivity index (χ3n) is 2.44. The first-order valence-corrected chi connectivity index (χ1v) is 5.54. The van der Waals surface area contributed by atoms with E-state index in [0.29, 0.717) is 11.1 Å². The Kier molecular flexibility index (Phi) is 4.33. The maximum absolute atomic E-state index is 12.8. The lowest BCUT2D eigenvalue weighted by Gasteiger charge is -2.12. The van der Waals surface area contributed by atoms with Crippen LogP contribution < -0.4 is 0 Å². The molecule has 1 nitrogen and oxygen atoms in total. The zero-order valence-electron chi connectivity index (χ0n) is 10.6. The number of hydrogen-bond acceptors (Lipinski definition) is 1. The standard InChI is InChI=1S/C14H15F3O/c1-9-4-5-12(7-10(2)6-11(3)18)13(8-9)14(15,16)17/h4-5,7-8H,6H2,1-3H3/b10-7-. The van der Waals surface area contributed by atoms with Crippen molar-refractivity contribution in [1.82, 2.24) is 0 Å². The molecule has 0 aliphatic rings. The Morgan fingerprint density at radius 3 is 2.39 bits per heavy atom. The lowest BCUT2D eigenvalue weighted by Crippen LogP contribution is -2.08. The van der Waals surface area contributed by atoms with Crippen LogP contribution in [0.3, 0.4) is 0 Å². The van der Waals surface area contributed by atoms with Crippen molar-refractivity contribution in [2.24, 2.45) is 0 Å². The first-order valence-electron chi connectivity index (χ1n) is 5.54. The molecule has 0 saturated carbocycles. The second-order valence-corrected chi connectivity index (χ2v) is 4.46. The molecule has 0 aliphatic heterocycles. The van der Waals surface area contributed by atoms with Gasteiger partial charge in [0.25, 0.3) is 0 Å². The Bertz CT molecular complexity index is 484. The van der Waals surface area contributed by atoms with Gasteiger partial charge in [-0.25, -0.2) is 0 Å². The number of rotatable bonds is 3. The van der Waals surface area contributed by atoms with E-state index in [0.717, 1.165) is 6.07 Å². The van der Waals surface area contributed by atoms with Gasteiger partial charge in [-0.1, -0.05) is 29.3 Å². The maximum Gasteiger partial charge on any atom is 0.416 e. The summed E-state index contributed by atoms with van der Waals surface area (Å²) in [4.78, 5) is 10.9. The first-order chi connectivity index (χ1) is 8.20. The molecule has 98 valence electrons. The molecule has 18 heavy (non-hydrogen) atoms. The highest BCUT2D eigenvalue weighted by atomic mass is 19.4. The molecule has 0 fully saturated rings. The number of Topliss-reactive ketones (excluding diaryl/α,β-unsaturated/α-hetero) is 1. The van der Waals surface area contributed by atoms with E-state index in [4.69, 9.17) is 0 Å². The fraction of sp³-hybridized carbons (Fsp3) is 0.357. The van der Waals surface area contributed by atoms with Gasteiger partial charge in [-0.2, -0.15) is 13.2 Å². The van der Waals surface area contributed by atoms with Crippen LogP contribution in [0.5, 0.6) is 0 Å². The first kappa shape index (κ1) is 14.5. The van der Waals surface area contributed by atoms with Gasteiger partial charge in [-0.05, 0) is 32.4 Å². The van der Waals surface area contributed by atoms with Crippen molar-refractivity contribution in [2.75, 3.05) is 0 Å². The molecule has 0 N–H and O–H groups in total. The molecule has 0 heterocycles. The number of alkyl halides is 3. The van der Waals surface area contributed by atoms with Crippen LogP contribution >= 0.6 is 0 Å². The number of halogens is 3. The highest BCUT2D eigenvalue weighted by molar-refractivity contribution is 5.79. The second-order valence-electron chi connectivity index (χ2n) is 4.46. The molecule has 4 heteroatoms. The summed E-state index contributed by atoms with van der Waals surface area (Å²) in [6, 6.07) is 4.18. The van der Waals surface area contributed by atoms with E-state index in [1.165, 1.54) is 19.1 Å². The smallest absolute Gasteiger partial charge is 0.300 e. The molecular weight excluding hydrogens is 241 g/mol. The van der Waals surface area contributed by atoms with E-state index >= 15 is 0 Å². The molecular formula is C14H15F3O. The molecule has 0 saturated heterocycles. The normalized spacial score (nSPS) is 12.7. The molecule has 0 spiro atoms. The molecule has 1 aromatic rings. The number of allylic oxidation sites excluding steroid dienone is 1. The summed E-state index contributed by atoms with van der Waals surface area (Å²) in [6.45, 7) is 4.68. The van der Waals surface area contributed by atoms with Gasteiger partial charge in [0.15, 0.2) is 0 Å². The van der Waals surface area contributed by atoms with Gasteiger partial charge < -0.3 is 0 Å². The fourth-order valence-electron chi connectivity index (χ4n) is 1.75. The van der Waals surface area contributed by atoms with Crippen LogP contribution in [0.15, 0.2) is 23.8 Å². The quantitative estimate of drug-likeness (QED) is 0.783. The molecule has 1 rings (SSSR count). The van der Waals surface area contributed by atoms with Gasteiger partial charge in [0.05, 0.1) is 5.56 Å². The van der Waals surface area contributed by atoms with E-state index < -0.39 is 11.7 Å². The zero-order chi connectivity index (χ0) is 13.9. The summed E-state index contributed by atoms with van der Waals surface area (Å²) in [6.07, 6.45) is -2.79. The zero-order valence-corrected chi connectivity index (χ0v) is 10.6. The van der Waals surface area contributed by atoms with Gasteiger partial charge in [0.2, 0.25) is 0 Å². The van der Waals surface area contributed by atoms with Crippen molar-refractivity contribution in [1.29, 1.82) is 0 Å². The monoisotopic (exact) mass is 256 g/mol. The van der Waals surface area contributed by atoms with Gasteiger partial charge in [-0.3, -0.25) is 4.79 Å². The van der Waals surface area contributed by atoms with Crippen LogP contribution in [-0.2, 0) is 11.0 Å². The minimum absolute atomic E-state index is 0.0654. The van der Waals surface area contributed by atoms with Crippen molar-refractivity contribution in [2.45, 2.75) is 33.4 Å². The van der Waals surface area contributed by atoms with Crippen LogP contribution in [0.1, 0.15) is 37.0 Å². The highest BCUT2D eigenvalue weighted by Crippen LogP contribution is 2.33. The molecule has 0 radical (unpaired) electrons. The van der Waals surface area contributed by atoms with E-state index in [2.05, 4.69) is 0 Å². The van der Waals surface area contributed by atoms with E-state index in [9.17, 15) is 18.0 Å². The van der Waals surface area contributed by atoms with Crippen LogP contribution in [0.2, 0.25) is 0 Å². The SMILES string of the molecule is CC(=O)C/C(C)=C\c1ccc(C)cc1C(F)(F)F. The van der Waals surface area contributed by atoms with Crippen molar-refractivity contribution in [3.63, 3.8) is 0 Å². The predicted molar refractivity (Wildman–Crippen MR) is 65.1 cm³/mol. The lowest BCUT2D eigenvalue weighted by molar-refractivity contribution is -0.137. The van der Waals surface area contributed by atoms with Gasteiger partial charge >= 0.3 is 6.18 Å². The molecule has 0 bridgehead atoms. The number of benzene rings is 1. The van der Waals surface area contributed by atoms with Crippen molar-refractivity contribution in [3.05, 3.63) is 40.5 Å². The second kappa shape index (κ2) is 5.38. The van der Waals surface area contributed by atoms with Crippen LogP contribution in [0, 0.1) is 6.92 Å². The van der Waals surface area contributed by atoms with E-state index in [1.807, 2.05) is 0 Å². The summed E-state index contributed by atoms with van der Waals surface area (Å²) in [5.41, 5.74) is 0.623. The van der Waals surface area contributed by atoms with Crippen LogP contribution in [-0.4, -0.2) is 5.78 Å². The van der Waals surface area contributed by atoms with E-state index in [-0.39, 0.29) is 17.8 Å². The third-order valence-corrected chi connectivity index (χ3v) is 2.44. The number of ketones is 1. The average Bonchev–Trinajstić information content (AvgIpc) is 2.17. The number of carbonyl (C=O) groups is 1. The largest absolute Gasteiger partial charge is 0.416 e. The fourth-order valence-corrected chi connectivity index (χ4v) is 1.75. The number of carbonyl (C=O) groups excluding carboxylic acids is 1. The Morgan fingerprint density at radius 1 is 1.28 bits per heavy atom. The Morgan fingerprint density at radius 2 is 1.89 bits per heavy atom. The average molecular weight is 256 g/mol. The molecule has 1 aromatic carbocycles. The Balaban J connectivity index is 3.21. The predicted octanol–water partition coefficient (Wildman–Crippen LogP) is 4.40. The molecule has 0 atom stereocenters. The summed E-state index contributed by atoms with van der Waals surface area (Å²) in [7, 11) is 0. The van der Waals surface area contributed by atoms with Crippen molar-refractivity contribution < 1.29 is 18.0 Å². The van der Waals surface area contributed by atoms with E-state index in [1.54, 1.807) is 19.9 Å². The highest BCUT2D eigenvalue weighted by Gasteiger charge is 2.32. The maximum atomic E-state index is 12.8. The molecule has 0 aromatic heterocycles.